The van der Waals surface area contributed by atoms with Crippen LogP contribution in [0.25, 0.3) is 10.8 Å². The second-order valence-electron chi connectivity index (χ2n) is 5.65. The lowest BCUT2D eigenvalue weighted by molar-refractivity contribution is 0.462. The smallest absolute Gasteiger partial charge is 0.119 e. The van der Waals surface area contributed by atoms with Crippen LogP contribution in [0.3, 0.4) is 0 Å². The fraction of sp³-hybridized carbons (Fsp3) is 0.200. The number of hydrogen-bond acceptors (Lipinski definition) is 2. The van der Waals surface area contributed by atoms with Gasteiger partial charge in [-0.15, -0.1) is 0 Å². The lowest BCUT2D eigenvalue weighted by Gasteiger charge is -2.15. The van der Waals surface area contributed by atoms with E-state index in [1.165, 1.54) is 24.0 Å². The number of phenolic OH excluding ortho intramolecular Hbond substituents is 2. The van der Waals surface area contributed by atoms with Crippen LogP contribution in [0.1, 0.15) is 24.0 Å². The standard InChI is InChI=1S/C10H12O.C10H8O/c11-10-7-3-5-8-4-1-2-6-9(8)10;11-10-6-5-8-3-1-2-4-9(8)7-10/h3,5,7,11H,1-2,4,6H2;1-7,11H. The largest absolute Gasteiger partial charge is 0.508 e. The summed E-state index contributed by atoms with van der Waals surface area (Å²) in [6.07, 6.45) is 4.70. The fourth-order valence-corrected chi connectivity index (χ4v) is 2.94. The van der Waals surface area contributed by atoms with Gasteiger partial charge in [0, 0.05) is 0 Å². The summed E-state index contributed by atoms with van der Waals surface area (Å²) in [7, 11) is 0. The van der Waals surface area contributed by atoms with Gasteiger partial charge in [-0.3, -0.25) is 0 Å². The van der Waals surface area contributed by atoms with Gasteiger partial charge in [-0.25, -0.2) is 0 Å². The Morgan fingerprint density at radius 1 is 0.682 bits per heavy atom. The minimum atomic E-state index is 0.323. The van der Waals surface area contributed by atoms with E-state index in [2.05, 4.69) is 6.07 Å². The van der Waals surface area contributed by atoms with E-state index >= 15 is 0 Å². The van der Waals surface area contributed by atoms with Crippen molar-refractivity contribution >= 4 is 10.8 Å². The Labute approximate surface area is 130 Å². The highest BCUT2D eigenvalue weighted by Crippen LogP contribution is 2.28. The first kappa shape index (κ1) is 14.5. The van der Waals surface area contributed by atoms with Crippen molar-refractivity contribution < 1.29 is 10.2 Å². The maximum atomic E-state index is 9.46. The summed E-state index contributed by atoms with van der Waals surface area (Å²) >= 11 is 0. The van der Waals surface area contributed by atoms with E-state index in [4.69, 9.17) is 5.11 Å². The van der Waals surface area contributed by atoms with Crippen molar-refractivity contribution in [2.45, 2.75) is 25.7 Å². The van der Waals surface area contributed by atoms with Gasteiger partial charge < -0.3 is 10.2 Å². The molecule has 112 valence electrons. The first-order valence-electron chi connectivity index (χ1n) is 7.71. The van der Waals surface area contributed by atoms with Crippen LogP contribution in [0, 0.1) is 0 Å². The number of fused-ring (bicyclic) bond motifs is 2. The van der Waals surface area contributed by atoms with Crippen LogP contribution in [0.5, 0.6) is 11.5 Å². The number of aromatic hydroxyl groups is 2. The van der Waals surface area contributed by atoms with Gasteiger partial charge in [0.25, 0.3) is 0 Å². The molecule has 4 rings (SSSR count). The zero-order chi connectivity index (χ0) is 15.4. The number of rotatable bonds is 0. The summed E-state index contributed by atoms with van der Waals surface area (Å²) in [5, 5.41) is 20.8. The molecule has 0 heterocycles. The van der Waals surface area contributed by atoms with Gasteiger partial charge in [0.2, 0.25) is 0 Å². The maximum absolute atomic E-state index is 9.46. The van der Waals surface area contributed by atoms with Crippen molar-refractivity contribution in [3.05, 3.63) is 71.8 Å². The van der Waals surface area contributed by atoms with E-state index < -0.39 is 0 Å². The molecule has 0 aromatic heterocycles. The molecule has 1 aliphatic rings. The lowest BCUT2D eigenvalue weighted by atomic mass is 9.91. The monoisotopic (exact) mass is 292 g/mol. The Hall–Kier alpha value is -2.48. The second-order valence-corrected chi connectivity index (χ2v) is 5.65. The zero-order valence-corrected chi connectivity index (χ0v) is 12.5. The predicted octanol–water partition coefficient (Wildman–Crippen LogP) is 4.82. The Balaban J connectivity index is 0.000000131. The molecule has 1 aliphatic carbocycles. The molecule has 0 spiro atoms. The third-order valence-electron chi connectivity index (χ3n) is 4.10. The van der Waals surface area contributed by atoms with E-state index in [-0.39, 0.29) is 0 Å². The van der Waals surface area contributed by atoms with Gasteiger partial charge in [-0.1, -0.05) is 42.5 Å². The Kier molecular flexibility index (Phi) is 4.29. The molecular weight excluding hydrogens is 272 g/mol. The highest BCUT2D eigenvalue weighted by Gasteiger charge is 2.11. The number of benzene rings is 3. The van der Waals surface area contributed by atoms with E-state index in [1.807, 2.05) is 36.4 Å². The Bertz CT molecular complexity index is 778. The topological polar surface area (TPSA) is 40.5 Å². The van der Waals surface area contributed by atoms with Gasteiger partial charge in [0.05, 0.1) is 0 Å². The van der Waals surface area contributed by atoms with Crippen molar-refractivity contribution in [2.24, 2.45) is 0 Å². The van der Waals surface area contributed by atoms with Crippen molar-refractivity contribution in [2.75, 3.05) is 0 Å². The molecular formula is C20H20O2. The third-order valence-corrected chi connectivity index (χ3v) is 4.10. The first-order valence-corrected chi connectivity index (χ1v) is 7.71. The molecule has 0 unspecified atom stereocenters. The summed E-state index contributed by atoms with van der Waals surface area (Å²) < 4.78 is 0. The average Bonchev–Trinajstić information content (AvgIpc) is 2.56. The summed E-state index contributed by atoms with van der Waals surface area (Å²) in [5.74, 6) is 0.811. The van der Waals surface area contributed by atoms with Gasteiger partial charge in [-0.2, -0.15) is 0 Å². The molecule has 2 nitrogen and oxygen atoms in total. The van der Waals surface area contributed by atoms with Crippen LogP contribution < -0.4 is 0 Å². The minimum Gasteiger partial charge on any atom is -0.508 e. The molecule has 22 heavy (non-hydrogen) atoms. The second kappa shape index (κ2) is 6.52. The Morgan fingerprint density at radius 2 is 1.45 bits per heavy atom. The van der Waals surface area contributed by atoms with Crippen LogP contribution in [0.4, 0.5) is 0 Å². The molecule has 0 saturated carbocycles. The van der Waals surface area contributed by atoms with Gasteiger partial charge in [0.15, 0.2) is 0 Å². The normalized spacial score (nSPS) is 13.1. The highest BCUT2D eigenvalue weighted by atomic mass is 16.3. The van der Waals surface area contributed by atoms with Crippen molar-refractivity contribution in [1.82, 2.24) is 0 Å². The summed E-state index contributed by atoms with van der Waals surface area (Å²) in [4.78, 5) is 0. The van der Waals surface area contributed by atoms with Crippen LogP contribution in [0.2, 0.25) is 0 Å². The molecule has 3 aromatic rings. The number of aryl methyl sites for hydroxylation is 1. The molecule has 2 N–H and O–H groups in total. The molecule has 0 amide bonds. The molecule has 0 radical (unpaired) electrons. The van der Waals surface area contributed by atoms with Crippen LogP contribution in [-0.4, -0.2) is 10.2 Å². The van der Waals surface area contributed by atoms with E-state index in [9.17, 15) is 5.11 Å². The fourth-order valence-electron chi connectivity index (χ4n) is 2.94. The van der Waals surface area contributed by atoms with Crippen LogP contribution in [-0.2, 0) is 12.8 Å². The SMILES string of the molecule is Oc1ccc2ccccc2c1.Oc1cccc2c1CCCC2. The van der Waals surface area contributed by atoms with Gasteiger partial charge in [-0.05, 0) is 65.8 Å². The van der Waals surface area contributed by atoms with E-state index in [0.717, 1.165) is 23.6 Å². The third kappa shape index (κ3) is 3.22. The maximum Gasteiger partial charge on any atom is 0.119 e. The van der Waals surface area contributed by atoms with E-state index in [0.29, 0.717) is 11.5 Å². The molecule has 0 saturated heterocycles. The van der Waals surface area contributed by atoms with E-state index in [1.54, 1.807) is 18.2 Å². The number of hydrogen-bond donors (Lipinski definition) is 2. The average molecular weight is 292 g/mol. The van der Waals surface area contributed by atoms with Crippen molar-refractivity contribution in [3.8, 4) is 11.5 Å². The highest BCUT2D eigenvalue weighted by molar-refractivity contribution is 5.83. The minimum absolute atomic E-state index is 0.323. The predicted molar refractivity (Wildman–Crippen MR) is 90.4 cm³/mol. The lowest BCUT2D eigenvalue weighted by Crippen LogP contribution is -2.01. The van der Waals surface area contributed by atoms with Crippen molar-refractivity contribution in [3.63, 3.8) is 0 Å². The molecule has 0 atom stereocenters. The van der Waals surface area contributed by atoms with Crippen LogP contribution in [0.15, 0.2) is 60.7 Å². The van der Waals surface area contributed by atoms with Gasteiger partial charge >= 0.3 is 0 Å². The molecule has 2 heteroatoms. The summed E-state index contributed by atoms with van der Waals surface area (Å²) in [5.41, 5.74) is 2.52. The summed E-state index contributed by atoms with van der Waals surface area (Å²) in [6, 6.07) is 19.1. The van der Waals surface area contributed by atoms with Crippen LogP contribution >= 0.6 is 0 Å². The zero-order valence-electron chi connectivity index (χ0n) is 12.5. The van der Waals surface area contributed by atoms with Crippen molar-refractivity contribution in [1.29, 1.82) is 0 Å². The van der Waals surface area contributed by atoms with Gasteiger partial charge in [0.1, 0.15) is 11.5 Å². The molecule has 0 aliphatic heterocycles. The quantitative estimate of drug-likeness (QED) is 0.624. The molecule has 0 fully saturated rings. The molecule has 0 bridgehead atoms. The summed E-state index contributed by atoms with van der Waals surface area (Å²) in [6.45, 7) is 0. The number of phenols is 2. The Morgan fingerprint density at radius 3 is 2.27 bits per heavy atom. The molecule has 3 aromatic carbocycles. The first-order chi connectivity index (χ1) is 10.7.